The largest absolute Gasteiger partial charge is 0.338 e. The van der Waals surface area contributed by atoms with E-state index in [9.17, 15) is 9.59 Å². The average molecular weight is 300 g/mol. The molecule has 0 rings (SSSR count). The topological polar surface area (TPSA) is 64.7 Å². The van der Waals surface area contributed by atoms with Gasteiger partial charge in [0.1, 0.15) is 0 Å². The van der Waals surface area contributed by atoms with Crippen molar-refractivity contribution < 1.29 is 9.59 Å². The minimum atomic E-state index is -0.0783. The van der Waals surface area contributed by atoms with Crippen LogP contribution < -0.4 is 10.6 Å². The van der Waals surface area contributed by atoms with Gasteiger partial charge in [-0.1, -0.05) is 6.92 Å². The first-order valence-corrected chi connectivity index (χ1v) is 7.74. The van der Waals surface area contributed by atoms with Gasteiger partial charge in [-0.3, -0.25) is 0 Å². The van der Waals surface area contributed by atoms with Crippen LogP contribution in [-0.2, 0) is 0 Å². The molecule has 0 saturated heterocycles. The van der Waals surface area contributed by atoms with Crippen LogP contribution in [0.2, 0.25) is 0 Å². The van der Waals surface area contributed by atoms with E-state index in [0.717, 1.165) is 12.8 Å². The van der Waals surface area contributed by atoms with Crippen molar-refractivity contribution in [3.8, 4) is 0 Å². The number of carbonyl (C=O) groups excluding carboxylic acids is 2. The van der Waals surface area contributed by atoms with E-state index in [1.165, 1.54) is 0 Å². The van der Waals surface area contributed by atoms with Crippen molar-refractivity contribution in [3.63, 3.8) is 0 Å². The van der Waals surface area contributed by atoms with Crippen molar-refractivity contribution >= 4 is 12.1 Å². The standard InChI is InChI=1S/C15H32N4O2/c1-8-13(17-15(21)19(7)12(4)5)9-10-16-14(20)18(6)11(2)3/h11-13H,8-10H2,1-7H3,(H,16,20)(H,17,21). The Morgan fingerprint density at radius 2 is 1.43 bits per heavy atom. The van der Waals surface area contributed by atoms with Gasteiger partial charge in [0.25, 0.3) is 0 Å². The molecule has 0 radical (unpaired) electrons. The fourth-order valence-electron chi connectivity index (χ4n) is 1.60. The van der Waals surface area contributed by atoms with E-state index in [1.54, 1.807) is 23.9 Å². The summed E-state index contributed by atoms with van der Waals surface area (Å²) in [5.74, 6) is 0. The number of urea groups is 2. The number of hydrogen-bond donors (Lipinski definition) is 2. The molecular weight excluding hydrogens is 268 g/mol. The molecule has 0 aromatic rings. The van der Waals surface area contributed by atoms with E-state index >= 15 is 0 Å². The molecule has 6 nitrogen and oxygen atoms in total. The SMILES string of the molecule is CCC(CCNC(=O)N(C)C(C)C)NC(=O)N(C)C(C)C. The van der Waals surface area contributed by atoms with Crippen LogP contribution in [0, 0.1) is 0 Å². The lowest BCUT2D eigenvalue weighted by molar-refractivity contribution is 0.191. The predicted octanol–water partition coefficient (Wildman–Crippen LogP) is 2.25. The summed E-state index contributed by atoms with van der Waals surface area (Å²) in [6.07, 6.45) is 1.57. The van der Waals surface area contributed by atoms with Crippen molar-refractivity contribution in [2.24, 2.45) is 0 Å². The van der Waals surface area contributed by atoms with Gasteiger partial charge in [-0.2, -0.15) is 0 Å². The maximum atomic E-state index is 12.0. The average Bonchev–Trinajstić information content (AvgIpc) is 2.43. The van der Waals surface area contributed by atoms with Crippen molar-refractivity contribution in [1.29, 1.82) is 0 Å². The highest BCUT2D eigenvalue weighted by atomic mass is 16.2. The summed E-state index contributed by atoms with van der Waals surface area (Å²) < 4.78 is 0. The number of amides is 4. The molecule has 0 spiro atoms. The summed E-state index contributed by atoms with van der Waals surface area (Å²) in [6.45, 7) is 10.5. The fourth-order valence-corrected chi connectivity index (χ4v) is 1.60. The Balaban J connectivity index is 4.17. The number of nitrogens with zero attached hydrogens (tertiary/aromatic N) is 2. The van der Waals surface area contributed by atoms with Crippen LogP contribution >= 0.6 is 0 Å². The number of hydrogen-bond acceptors (Lipinski definition) is 2. The zero-order valence-electron chi connectivity index (χ0n) is 14.6. The Hall–Kier alpha value is -1.46. The smallest absolute Gasteiger partial charge is 0.317 e. The van der Waals surface area contributed by atoms with E-state index < -0.39 is 0 Å². The molecule has 0 aromatic heterocycles. The third-order valence-corrected chi connectivity index (χ3v) is 3.78. The summed E-state index contributed by atoms with van der Waals surface area (Å²) >= 11 is 0. The summed E-state index contributed by atoms with van der Waals surface area (Å²) in [5.41, 5.74) is 0. The van der Waals surface area contributed by atoms with Crippen LogP contribution in [0.25, 0.3) is 0 Å². The molecule has 0 heterocycles. The zero-order valence-corrected chi connectivity index (χ0v) is 14.6. The second kappa shape index (κ2) is 9.47. The lowest BCUT2D eigenvalue weighted by atomic mass is 10.1. The van der Waals surface area contributed by atoms with Crippen LogP contribution in [0.5, 0.6) is 0 Å². The molecule has 2 N–H and O–H groups in total. The van der Waals surface area contributed by atoms with Gasteiger partial charge in [-0.25, -0.2) is 9.59 Å². The van der Waals surface area contributed by atoms with Gasteiger partial charge in [0.05, 0.1) is 0 Å². The molecule has 0 saturated carbocycles. The van der Waals surface area contributed by atoms with E-state index in [0.29, 0.717) is 6.54 Å². The first kappa shape index (κ1) is 19.5. The van der Waals surface area contributed by atoms with Gasteiger partial charge >= 0.3 is 12.1 Å². The van der Waals surface area contributed by atoms with Gasteiger partial charge < -0.3 is 20.4 Å². The van der Waals surface area contributed by atoms with Gasteiger partial charge in [0.15, 0.2) is 0 Å². The van der Waals surface area contributed by atoms with Crippen molar-refractivity contribution in [2.75, 3.05) is 20.6 Å². The second-order valence-corrected chi connectivity index (χ2v) is 5.98. The maximum Gasteiger partial charge on any atom is 0.317 e. The number of carbonyl (C=O) groups is 2. The lowest BCUT2D eigenvalue weighted by Gasteiger charge is -2.26. The van der Waals surface area contributed by atoms with E-state index in [2.05, 4.69) is 10.6 Å². The molecule has 1 unspecified atom stereocenters. The minimum Gasteiger partial charge on any atom is -0.338 e. The summed E-state index contributed by atoms with van der Waals surface area (Å²) in [6, 6.07) is 0.268. The summed E-state index contributed by atoms with van der Waals surface area (Å²) in [4.78, 5) is 27.1. The highest BCUT2D eigenvalue weighted by Crippen LogP contribution is 2.01. The molecular formula is C15H32N4O2. The van der Waals surface area contributed by atoms with Crippen molar-refractivity contribution in [3.05, 3.63) is 0 Å². The Labute approximate surface area is 129 Å². The normalized spacial score (nSPS) is 12.2. The molecule has 0 aliphatic rings. The second-order valence-electron chi connectivity index (χ2n) is 5.98. The summed E-state index contributed by atoms with van der Waals surface area (Å²) in [5, 5.41) is 5.87. The van der Waals surface area contributed by atoms with Crippen LogP contribution in [-0.4, -0.2) is 60.6 Å². The maximum absolute atomic E-state index is 12.0. The van der Waals surface area contributed by atoms with Gasteiger partial charge in [-0.15, -0.1) is 0 Å². The molecule has 0 aliphatic heterocycles. The quantitative estimate of drug-likeness (QED) is 0.757. The first-order valence-electron chi connectivity index (χ1n) is 7.74. The van der Waals surface area contributed by atoms with Crippen LogP contribution in [0.15, 0.2) is 0 Å². The van der Waals surface area contributed by atoms with Crippen LogP contribution in [0.1, 0.15) is 47.5 Å². The minimum absolute atomic E-state index is 0.0672. The van der Waals surface area contributed by atoms with Crippen LogP contribution in [0.4, 0.5) is 9.59 Å². The molecule has 124 valence electrons. The molecule has 1 atom stereocenters. The monoisotopic (exact) mass is 300 g/mol. The molecule has 0 aliphatic carbocycles. The molecule has 0 bridgehead atoms. The molecule has 0 aromatic carbocycles. The molecule has 21 heavy (non-hydrogen) atoms. The van der Waals surface area contributed by atoms with Crippen molar-refractivity contribution in [1.82, 2.24) is 20.4 Å². The van der Waals surface area contributed by atoms with E-state index in [4.69, 9.17) is 0 Å². The van der Waals surface area contributed by atoms with Crippen LogP contribution in [0.3, 0.4) is 0 Å². The van der Waals surface area contributed by atoms with Gasteiger partial charge in [-0.05, 0) is 40.5 Å². The Kier molecular flexibility index (Phi) is 8.81. The Morgan fingerprint density at radius 1 is 0.952 bits per heavy atom. The Morgan fingerprint density at radius 3 is 1.86 bits per heavy atom. The fraction of sp³-hybridized carbons (Fsp3) is 0.867. The van der Waals surface area contributed by atoms with E-state index in [-0.39, 0.29) is 30.2 Å². The van der Waals surface area contributed by atoms with E-state index in [1.807, 2.05) is 34.6 Å². The highest BCUT2D eigenvalue weighted by molar-refractivity contribution is 5.75. The summed E-state index contributed by atoms with van der Waals surface area (Å²) in [7, 11) is 3.56. The Bertz CT molecular complexity index is 332. The molecule has 0 fully saturated rings. The predicted molar refractivity (Wildman–Crippen MR) is 86.4 cm³/mol. The number of rotatable bonds is 7. The lowest BCUT2D eigenvalue weighted by Crippen LogP contribution is -2.47. The van der Waals surface area contributed by atoms with Gasteiger partial charge in [0, 0.05) is 38.8 Å². The number of nitrogens with one attached hydrogen (secondary N) is 2. The van der Waals surface area contributed by atoms with Crippen molar-refractivity contribution in [2.45, 2.75) is 65.6 Å². The van der Waals surface area contributed by atoms with Gasteiger partial charge in [0.2, 0.25) is 0 Å². The molecule has 6 heteroatoms. The third-order valence-electron chi connectivity index (χ3n) is 3.78. The third kappa shape index (κ3) is 7.20. The first-order chi connectivity index (χ1) is 9.70. The molecule has 4 amide bonds. The zero-order chi connectivity index (χ0) is 16.6. The highest BCUT2D eigenvalue weighted by Gasteiger charge is 2.16.